The van der Waals surface area contributed by atoms with Gasteiger partial charge in [-0.3, -0.25) is 0 Å². The Labute approximate surface area is 118 Å². The van der Waals surface area contributed by atoms with Crippen LogP contribution in [0.15, 0.2) is 40.1 Å². The van der Waals surface area contributed by atoms with Gasteiger partial charge >= 0.3 is 0 Å². The van der Waals surface area contributed by atoms with Crippen molar-refractivity contribution < 1.29 is 4.52 Å². The summed E-state index contributed by atoms with van der Waals surface area (Å²) >= 11 is 1.71. The quantitative estimate of drug-likeness (QED) is 0.850. The van der Waals surface area contributed by atoms with E-state index in [1.165, 1.54) is 16.9 Å². The first-order chi connectivity index (χ1) is 9.03. The summed E-state index contributed by atoms with van der Waals surface area (Å²) in [6.45, 7) is 7.38. The monoisotopic (exact) mass is 277 g/mol. The Morgan fingerprint density at radius 3 is 2.84 bits per heavy atom. The molecule has 0 unspecified atom stereocenters. The SMILES string of the molecule is CC(C)(C)NCc1cccc(SCc2ncon2)c1. The van der Waals surface area contributed by atoms with Crippen LogP contribution in [-0.2, 0) is 12.3 Å². The molecule has 0 spiro atoms. The van der Waals surface area contributed by atoms with Crippen LogP contribution in [0, 0.1) is 0 Å². The summed E-state index contributed by atoms with van der Waals surface area (Å²) in [4.78, 5) is 5.23. The zero-order chi connectivity index (χ0) is 13.7. The van der Waals surface area contributed by atoms with Crippen LogP contribution >= 0.6 is 11.8 Å². The highest BCUT2D eigenvalue weighted by Gasteiger charge is 2.08. The Hall–Kier alpha value is -1.33. The van der Waals surface area contributed by atoms with Crippen LogP contribution in [0.1, 0.15) is 32.2 Å². The highest BCUT2D eigenvalue weighted by atomic mass is 32.2. The third kappa shape index (κ3) is 5.04. The molecule has 5 heteroatoms. The molecule has 0 fully saturated rings. The molecule has 0 aliphatic carbocycles. The van der Waals surface area contributed by atoms with Crippen molar-refractivity contribution in [2.75, 3.05) is 0 Å². The first-order valence-electron chi connectivity index (χ1n) is 6.25. The van der Waals surface area contributed by atoms with Gasteiger partial charge in [-0.25, -0.2) is 0 Å². The Balaban J connectivity index is 1.91. The van der Waals surface area contributed by atoms with E-state index in [4.69, 9.17) is 4.52 Å². The van der Waals surface area contributed by atoms with Crippen molar-refractivity contribution >= 4 is 11.8 Å². The molecule has 1 aromatic carbocycles. The van der Waals surface area contributed by atoms with Crippen molar-refractivity contribution in [3.8, 4) is 0 Å². The molecule has 1 aromatic heterocycles. The molecule has 1 heterocycles. The largest absolute Gasteiger partial charge is 0.343 e. The molecule has 4 nitrogen and oxygen atoms in total. The molecule has 0 aliphatic heterocycles. The maximum Gasteiger partial charge on any atom is 0.213 e. The summed E-state index contributed by atoms with van der Waals surface area (Å²) in [6, 6.07) is 8.52. The molecule has 2 aromatic rings. The van der Waals surface area contributed by atoms with Gasteiger partial charge in [-0.05, 0) is 38.5 Å². The van der Waals surface area contributed by atoms with E-state index in [0.29, 0.717) is 0 Å². The normalized spacial score (nSPS) is 11.7. The number of hydrogen-bond donors (Lipinski definition) is 1. The molecule has 0 bridgehead atoms. The van der Waals surface area contributed by atoms with Crippen LogP contribution < -0.4 is 5.32 Å². The summed E-state index contributed by atoms with van der Waals surface area (Å²) < 4.78 is 4.72. The second kappa shape index (κ2) is 6.21. The van der Waals surface area contributed by atoms with Crippen LogP contribution in [0.5, 0.6) is 0 Å². The average molecular weight is 277 g/mol. The lowest BCUT2D eigenvalue weighted by molar-refractivity contribution is 0.412. The molecule has 19 heavy (non-hydrogen) atoms. The fourth-order valence-corrected chi connectivity index (χ4v) is 2.35. The Kier molecular flexibility index (Phi) is 4.61. The van der Waals surface area contributed by atoms with Crippen LogP contribution in [-0.4, -0.2) is 15.7 Å². The minimum atomic E-state index is 0.133. The van der Waals surface area contributed by atoms with Crippen molar-refractivity contribution in [2.45, 2.75) is 43.5 Å². The number of thioether (sulfide) groups is 1. The molecule has 0 aliphatic rings. The predicted molar refractivity (Wildman–Crippen MR) is 76.9 cm³/mol. The number of rotatable bonds is 5. The van der Waals surface area contributed by atoms with E-state index in [9.17, 15) is 0 Å². The smallest absolute Gasteiger partial charge is 0.213 e. The van der Waals surface area contributed by atoms with E-state index in [-0.39, 0.29) is 5.54 Å². The highest BCUT2D eigenvalue weighted by molar-refractivity contribution is 7.98. The van der Waals surface area contributed by atoms with Crippen LogP contribution in [0.4, 0.5) is 0 Å². The van der Waals surface area contributed by atoms with Gasteiger partial charge in [-0.15, -0.1) is 11.8 Å². The second-order valence-corrected chi connectivity index (χ2v) is 6.44. The van der Waals surface area contributed by atoms with Gasteiger partial charge in [0.25, 0.3) is 0 Å². The number of hydrogen-bond acceptors (Lipinski definition) is 5. The Bertz CT molecular complexity index is 506. The summed E-state index contributed by atoms with van der Waals surface area (Å²) in [6.07, 6.45) is 1.36. The van der Waals surface area contributed by atoms with Gasteiger partial charge < -0.3 is 9.84 Å². The Morgan fingerprint density at radius 2 is 2.16 bits per heavy atom. The van der Waals surface area contributed by atoms with E-state index >= 15 is 0 Å². The summed E-state index contributed by atoms with van der Waals surface area (Å²) in [5.74, 6) is 1.45. The first-order valence-corrected chi connectivity index (χ1v) is 7.23. The standard InChI is InChI=1S/C14H19N3OS/c1-14(2,3)16-8-11-5-4-6-12(7-11)19-9-13-15-10-18-17-13/h4-7,10,16H,8-9H2,1-3H3. The van der Waals surface area contributed by atoms with Crippen LogP contribution in [0.25, 0.3) is 0 Å². The number of benzene rings is 1. The van der Waals surface area contributed by atoms with Crippen molar-refractivity contribution in [2.24, 2.45) is 0 Å². The van der Waals surface area contributed by atoms with E-state index in [2.05, 4.69) is 60.5 Å². The number of nitrogens with one attached hydrogen (secondary N) is 1. The van der Waals surface area contributed by atoms with Crippen molar-refractivity contribution in [3.63, 3.8) is 0 Å². The molecule has 0 saturated heterocycles. The van der Waals surface area contributed by atoms with Gasteiger partial charge in [-0.1, -0.05) is 17.3 Å². The zero-order valence-corrected chi connectivity index (χ0v) is 12.3. The minimum absolute atomic E-state index is 0.133. The second-order valence-electron chi connectivity index (χ2n) is 5.39. The third-order valence-corrected chi connectivity index (χ3v) is 3.49. The highest BCUT2D eigenvalue weighted by Crippen LogP contribution is 2.22. The summed E-state index contributed by atoms with van der Waals surface area (Å²) in [5.41, 5.74) is 1.42. The van der Waals surface area contributed by atoms with Gasteiger partial charge in [0.05, 0.1) is 5.75 Å². The zero-order valence-electron chi connectivity index (χ0n) is 11.5. The van der Waals surface area contributed by atoms with Crippen LogP contribution in [0.2, 0.25) is 0 Å². The lowest BCUT2D eigenvalue weighted by Crippen LogP contribution is -2.35. The van der Waals surface area contributed by atoms with Gasteiger partial charge in [0.1, 0.15) is 0 Å². The molecule has 1 N–H and O–H groups in total. The van der Waals surface area contributed by atoms with Gasteiger partial charge in [0.15, 0.2) is 5.82 Å². The average Bonchev–Trinajstić information content (AvgIpc) is 2.87. The molecule has 0 amide bonds. The lowest BCUT2D eigenvalue weighted by atomic mass is 10.1. The summed E-state index contributed by atoms with van der Waals surface area (Å²) in [5, 5.41) is 7.29. The molecule has 102 valence electrons. The van der Waals surface area contributed by atoms with Crippen molar-refractivity contribution in [3.05, 3.63) is 42.0 Å². The minimum Gasteiger partial charge on any atom is -0.343 e. The van der Waals surface area contributed by atoms with Crippen molar-refractivity contribution in [1.82, 2.24) is 15.5 Å². The predicted octanol–water partition coefficient (Wildman–Crippen LogP) is 3.25. The third-order valence-electron chi connectivity index (χ3n) is 2.50. The molecule has 0 saturated carbocycles. The molecule has 2 rings (SSSR count). The van der Waals surface area contributed by atoms with E-state index in [1.54, 1.807) is 11.8 Å². The maximum absolute atomic E-state index is 4.72. The van der Waals surface area contributed by atoms with Gasteiger partial charge in [0.2, 0.25) is 6.39 Å². The fourth-order valence-electron chi connectivity index (χ4n) is 1.52. The van der Waals surface area contributed by atoms with Gasteiger partial charge in [-0.2, -0.15) is 4.98 Å². The van der Waals surface area contributed by atoms with Crippen molar-refractivity contribution in [1.29, 1.82) is 0 Å². The molecule has 0 radical (unpaired) electrons. The summed E-state index contributed by atoms with van der Waals surface area (Å²) in [7, 11) is 0. The molecular weight excluding hydrogens is 258 g/mol. The first kappa shape index (κ1) is 14.1. The van der Waals surface area contributed by atoms with Gasteiger partial charge in [0, 0.05) is 17.0 Å². The fraction of sp³-hybridized carbons (Fsp3) is 0.429. The number of nitrogens with zero attached hydrogens (tertiary/aromatic N) is 2. The molecule has 0 atom stereocenters. The molecular formula is C14H19N3OS. The van der Waals surface area contributed by atoms with E-state index in [0.717, 1.165) is 18.1 Å². The lowest BCUT2D eigenvalue weighted by Gasteiger charge is -2.20. The topological polar surface area (TPSA) is 51.0 Å². The van der Waals surface area contributed by atoms with Crippen LogP contribution in [0.3, 0.4) is 0 Å². The maximum atomic E-state index is 4.72. The number of aromatic nitrogens is 2. The van der Waals surface area contributed by atoms with E-state index in [1.807, 2.05) is 0 Å². The van der Waals surface area contributed by atoms with E-state index < -0.39 is 0 Å². The Morgan fingerprint density at radius 1 is 1.32 bits per heavy atom.